The minimum Gasteiger partial charge on any atom is -0.346 e. The van der Waals surface area contributed by atoms with Crippen molar-refractivity contribution in [3.8, 4) is 16.3 Å². The Hall–Kier alpha value is -3.32. The number of benzene rings is 2. The molecule has 4 rings (SSSR count). The summed E-state index contributed by atoms with van der Waals surface area (Å²) in [5, 5.41) is 9.89. The zero-order valence-corrected chi connectivity index (χ0v) is 14.6. The smallest absolute Gasteiger partial charge is 0.251 e. The summed E-state index contributed by atoms with van der Waals surface area (Å²) >= 11 is 1.57. The molecule has 0 saturated heterocycles. The quantitative estimate of drug-likeness (QED) is 0.592. The van der Waals surface area contributed by atoms with E-state index < -0.39 is 0 Å². The average Bonchev–Trinajstić information content (AvgIpc) is 3.39. The van der Waals surface area contributed by atoms with E-state index in [0.29, 0.717) is 12.1 Å². The van der Waals surface area contributed by atoms with Gasteiger partial charge in [0, 0.05) is 16.5 Å². The van der Waals surface area contributed by atoms with E-state index in [1.54, 1.807) is 34.5 Å². The Labute approximate surface area is 154 Å². The number of aromatic nitrogens is 4. The molecule has 0 aliphatic heterocycles. The zero-order valence-electron chi connectivity index (χ0n) is 13.7. The van der Waals surface area contributed by atoms with Crippen LogP contribution in [-0.2, 0) is 6.54 Å². The molecular formula is C19H15N5OS. The Balaban J connectivity index is 1.39. The van der Waals surface area contributed by atoms with Gasteiger partial charge in [-0.1, -0.05) is 30.3 Å². The van der Waals surface area contributed by atoms with Crippen LogP contribution in [0.4, 0.5) is 0 Å². The molecule has 0 spiro atoms. The summed E-state index contributed by atoms with van der Waals surface area (Å²) in [6.07, 6.45) is 3.08. The predicted octanol–water partition coefficient (Wildman–Crippen LogP) is 3.32. The fraction of sp³-hybridized carbons (Fsp3) is 0.0526. The van der Waals surface area contributed by atoms with Crippen LogP contribution in [0.5, 0.6) is 0 Å². The SMILES string of the molecule is O=C(NCc1csc(-c2ccccc2)n1)c1ccc(-n2cncn2)cc1. The molecule has 2 aromatic heterocycles. The Morgan fingerprint density at radius 2 is 1.88 bits per heavy atom. The number of hydrogen-bond acceptors (Lipinski definition) is 5. The third kappa shape index (κ3) is 3.52. The van der Waals surface area contributed by atoms with Crippen molar-refractivity contribution in [1.82, 2.24) is 25.1 Å². The monoisotopic (exact) mass is 361 g/mol. The van der Waals surface area contributed by atoms with Gasteiger partial charge in [0.2, 0.25) is 0 Å². The van der Waals surface area contributed by atoms with E-state index in [-0.39, 0.29) is 5.91 Å². The summed E-state index contributed by atoms with van der Waals surface area (Å²) in [5.74, 6) is -0.135. The molecule has 0 aliphatic carbocycles. The van der Waals surface area contributed by atoms with Gasteiger partial charge in [-0.15, -0.1) is 11.3 Å². The molecule has 0 bridgehead atoms. The molecule has 7 heteroatoms. The third-order valence-corrected chi connectivity index (χ3v) is 4.76. The van der Waals surface area contributed by atoms with Crippen molar-refractivity contribution in [2.24, 2.45) is 0 Å². The van der Waals surface area contributed by atoms with E-state index in [1.807, 2.05) is 47.8 Å². The highest BCUT2D eigenvalue weighted by atomic mass is 32.1. The van der Waals surface area contributed by atoms with E-state index in [4.69, 9.17) is 0 Å². The summed E-state index contributed by atoms with van der Waals surface area (Å²) in [5.41, 5.74) is 3.37. The van der Waals surface area contributed by atoms with Gasteiger partial charge < -0.3 is 5.32 Å². The second kappa shape index (κ2) is 7.28. The van der Waals surface area contributed by atoms with Crippen LogP contribution >= 0.6 is 11.3 Å². The van der Waals surface area contributed by atoms with Crippen molar-refractivity contribution in [1.29, 1.82) is 0 Å². The summed E-state index contributed by atoms with van der Waals surface area (Å²) in [6.45, 7) is 0.396. The molecule has 26 heavy (non-hydrogen) atoms. The maximum absolute atomic E-state index is 12.3. The fourth-order valence-electron chi connectivity index (χ4n) is 2.48. The molecule has 0 fully saturated rings. The molecule has 2 aromatic carbocycles. The second-order valence-electron chi connectivity index (χ2n) is 5.58. The van der Waals surface area contributed by atoms with Gasteiger partial charge in [0.25, 0.3) is 5.91 Å². The van der Waals surface area contributed by atoms with Crippen molar-refractivity contribution in [2.45, 2.75) is 6.54 Å². The van der Waals surface area contributed by atoms with Crippen molar-refractivity contribution >= 4 is 17.2 Å². The number of hydrogen-bond donors (Lipinski definition) is 1. The fourth-order valence-corrected chi connectivity index (χ4v) is 3.31. The van der Waals surface area contributed by atoms with Gasteiger partial charge >= 0.3 is 0 Å². The first-order chi connectivity index (χ1) is 12.8. The normalized spacial score (nSPS) is 10.6. The van der Waals surface area contributed by atoms with Crippen molar-refractivity contribution in [3.05, 3.63) is 83.9 Å². The van der Waals surface area contributed by atoms with Gasteiger partial charge in [0.05, 0.1) is 17.9 Å². The molecule has 2 heterocycles. The van der Waals surface area contributed by atoms with Gasteiger partial charge in [-0.3, -0.25) is 4.79 Å². The van der Waals surface area contributed by atoms with Crippen LogP contribution in [0.15, 0.2) is 72.6 Å². The lowest BCUT2D eigenvalue weighted by Crippen LogP contribution is -2.22. The minimum absolute atomic E-state index is 0.135. The highest BCUT2D eigenvalue weighted by molar-refractivity contribution is 7.13. The molecule has 128 valence electrons. The second-order valence-corrected chi connectivity index (χ2v) is 6.44. The van der Waals surface area contributed by atoms with Gasteiger partial charge in [0.15, 0.2) is 0 Å². The molecular weight excluding hydrogens is 346 g/mol. The number of nitrogens with zero attached hydrogens (tertiary/aromatic N) is 4. The van der Waals surface area contributed by atoms with Crippen molar-refractivity contribution in [3.63, 3.8) is 0 Å². The molecule has 1 N–H and O–H groups in total. The predicted molar refractivity (Wildman–Crippen MR) is 100 cm³/mol. The summed E-state index contributed by atoms with van der Waals surface area (Å²) in [4.78, 5) is 20.8. The number of nitrogens with one attached hydrogen (secondary N) is 1. The largest absolute Gasteiger partial charge is 0.346 e. The first kappa shape index (κ1) is 16.2. The van der Waals surface area contributed by atoms with Crippen molar-refractivity contribution < 1.29 is 4.79 Å². The van der Waals surface area contributed by atoms with Gasteiger partial charge in [-0.2, -0.15) is 5.10 Å². The van der Waals surface area contributed by atoms with Crippen LogP contribution in [0.3, 0.4) is 0 Å². The van der Waals surface area contributed by atoms with E-state index >= 15 is 0 Å². The first-order valence-electron chi connectivity index (χ1n) is 8.03. The number of carbonyl (C=O) groups excluding carboxylic acids is 1. The Bertz CT molecular complexity index is 994. The maximum atomic E-state index is 12.3. The molecule has 0 atom stereocenters. The molecule has 4 aromatic rings. The molecule has 0 unspecified atom stereocenters. The topological polar surface area (TPSA) is 72.7 Å². The standard InChI is InChI=1S/C19H15N5OS/c25-18(14-6-8-17(9-7-14)24-13-20-12-22-24)21-10-16-11-26-19(23-16)15-4-2-1-3-5-15/h1-9,11-13H,10H2,(H,21,25). The number of amides is 1. The lowest BCUT2D eigenvalue weighted by molar-refractivity contribution is 0.0950. The highest BCUT2D eigenvalue weighted by Gasteiger charge is 2.08. The Kier molecular flexibility index (Phi) is 4.53. The number of carbonyl (C=O) groups is 1. The summed E-state index contributed by atoms with van der Waals surface area (Å²) < 4.78 is 1.64. The third-order valence-electron chi connectivity index (χ3n) is 3.82. The maximum Gasteiger partial charge on any atom is 0.251 e. The van der Waals surface area contributed by atoms with Crippen LogP contribution in [0.2, 0.25) is 0 Å². The first-order valence-corrected chi connectivity index (χ1v) is 8.91. The number of thiazole rings is 1. The molecule has 1 amide bonds. The van der Waals surface area contributed by atoms with Crippen LogP contribution in [0, 0.1) is 0 Å². The van der Waals surface area contributed by atoms with E-state index in [1.165, 1.54) is 6.33 Å². The molecule has 0 radical (unpaired) electrons. The number of rotatable bonds is 5. The average molecular weight is 361 g/mol. The zero-order chi connectivity index (χ0) is 17.8. The van der Waals surface area contributed by atoms with Crippen LogP contribution < -0.4 is 5.32 Å². The van der Waals surface area contributed by atoms with Gasteiger partial charge in [-0.25, -0.2) is 14.6 Å². The molecule has 0 saturated carbocycles. The Morgan fingerprint density at radius 3 is 2.62 bits per heavy atom. The summed E-state index contributed by atoms with van der Waals surface area (Å²) in [6, 6.07) is 17.2. The van der Waals surface area contributed by atoms with E-state index in [0.717, 1.165) is 22.0 Å². The van der Waals surface area contributed by atoms with Crippen LogP contribution in [0.1, 0.15) is 16.1 Å². The lowest BCUT2D eigenvalue weighted by Gasteiger charge is -2.05. The minimum atomic E-state index is -0.135. The highest BCUT2D eigenvalue weighted by Crippen LogP contribution is 2.23. The van der Waals surface area contributed by atoms with E-state index in [2.05, 4.69) is 20.4 Å². The van der Waals surface area contributed by atoms with Crippen molar-refractivity contribution in [2.75, 3.05) is 0 Å². The van der Waals surface area contributed by atoms with Crippen LogP contribution in [0.25, 0.3) is 16.3 Å². The van der Waals surface area contributed by atoms with Crippen LogP contribution in [-0.4, -0.2) is 25.7 Å². The Morgan fingerprint density at radius 1 is 1.08 bits per heavy atom. The van der Waals surface area contributed by atoms with Gasteiger partial charge in [0.1, 0.15) is 17.7 Å². The molecule has 0 aliphatic rings. The summed E-state index contributed by atoms with van der Waals surface area (Å²) in [7, 11) is 0. The lowest BCUT2D eigenvalue weighted by atomic mass is 10.2. The molecule has 6 nitrogen and oxygen atoms in total. The van der Waals surface area contributed by atoms with Gasteiger partial charge in [-0.05, 0) is 24.3 Å². The van der Waals surface area contributed by atoms with E-state index in [9.17, 15) is 4.79 Å².